The van der Waals surface area contributed by atoms with Crippen LogP contribution in [0.3, 0.4) is 0 Å². The molecule has 1 fully saturated rings. The number of carboxylic acids is 2. The molecular formula is C40H42O8Zr. The van der Waals surface area contributed by atoms with Crippen molar-refractivity contribution in [2.75, 3.05) is 0 Å². The number of aliphatic carboxylic acids is 2. The molecule has 4 atom stereocenters. The minimum Gasteiger partial charge on any atom is -0.547 e. The van der Waals surface area contributed by atoms with Crippen molar-refractivity contribution in [1.82, 2.24) is 0 Å². The Hall–Kier alpha value is -3.52. The zero-order chi connectivity index (χ0) is 35.3. The quantitative estimate of drug-likeness (QED) is 0.373. The van der Waals surface area contributed by atoms with Gasteiger partial charge in [-0.05, 0) is 25.0 Å². The first kappa shape index (κ1) is 36.8. The van der Waals surface area contributed by atoms with E-state index in [1.54, 1.807) is 35.4 Å². The van der Waals surface area contributed by atoms with Gasteiger partial charge in [-0.15, -0.1) is 0 Å². The van der Waals surface area contributed by atoms with Crippen molar-refractivity contribution in [3.8, 4) is 0 Å². The van der Waals surface area contributed by atoms with Crippen LogP contribution >= 0.6 is 0 Å². The molecule has 0 saturated carbocycles. The maximum absolute atomic E-state index is 11.1. The molecule has 1 unspecified atom stereocenters. The molecule has 1 heterocycles. The number of carbonyl (C=O) groups excluding carboxylic acids is 4. The van der Waals surface area contributed by atoms with Crippen LogP contribution in [-0.4, -0.2) is 33.7 Å². The van der Waals surface area contributed by atoms with E-state index in [0.717, 1.165) is 0 Å². The molecule has 254 valence electrons. The van der Waals surface area contributed by atoms with E-state index in [-0.39, 0.29) is 33.8 Å². The van der Waals surface area contributed by atoms with Crippen molar-refractivity contribution in [3.05, 3.63) is 117 Å². The third kappa shape index (κ3) is 7.80. The molecule has 8 nitrogen and oxygen atoms in total. The van der Waals surface area contributed by atoms with Crippen molar-refractivity contribution in [1.29, 1.82) is 0 Å². The Labute approximate surface area is 298 Å². The van der Waals surface area contributed by atoms with Crippen LogP contribution in [0.5, 0.6) is 0 Å². The van der Waals surface area contributed by atoms with Crippen LogP contribution < -0.4 is 10.2 Å². The molecule has 0 radical (unpaired) electrons. The first-order valence-electron chi connectivity index (χ1n) is 17.0. The summed E-state index contributed by atoms with van der Waals surface area (Å²) in [6, 6.07) is 12.0. The second kappa shape index (κ2) is 15.6. The fourth-order valence-electron chi connectivity index (χ4n) is 7.92. The molecule has 2 spiro atoms. The maximum Gasteiger partial charge on any atom is 0.160 e. The molecule has 5 aliphatic rings. The van der Waals surface area contributed by atoms with Gasteiger partial charge in [0.25, 0.3) is 0 Å². The van der Waals surface area contributed by atoms with Gasteiger partial charge in [0.2, 0.25) is 0 Å². The number of aliphatic hydroxyl groups excluding tert-OH is 2. The molecule has 2 aromatic carbocycles. The molecule has 4 aliphatic carbocycles. The Morgan fingerprint density at radius 1 is 0.633 bits per heavy atom. The van der Waals surface area contributed by atoms with E-state index in [9.17, 15) is 39.6 Å². The largest absolute Gasteiger partial charge is 0.547 e. The minimum atomic E-state index is -1.75. The van der Waals surface area contributed by atoms with Crippen LogP contribution in [0.15, 0.2) is 95.1 Å². The fourth-order valence-corrected chi connectivity index (χ4v) is 14.1. The average molecular weight is 742 g/mol. The molecule has 0 bridgehead atoms. The summed E-state index contributed by atoms with van der Waals surface area (Å²) in [5.74, 6) is -3.81. The topological polar surface area (TPSA) is 155 Å². The molecule has 2 N–H and O–H groups in total. The molecule has 0 aromatic heterocycles. The first-order valence-corrected chi connectivity index (χ1v) is 19.5. The van der Waals surface area contributed by atoms with E-state index in [4.69, 9.17) is 0 Å². The van der Waals surface area contributed by atoms with Crippen LogP contribution in [0.1, 0.15) is 122 Å². The predicted molar refractivity (Wildman–Crippen MR) is 177 cm³/mol. The van der Waals surface area contributed by atoms with Crippen LogP contribution in [0.2, 0.25) is 6.25 Å². The number of fused-ring (bicyclic) bond motifs is 2. The van der Waals surface area contributed by atoms with Gasteiger partial charge in [0.05, 0.1) is 11.9 Å². The van der Waals surface area contributed by atoms with E-state index in [0.29, 0.717) is 6.25 Å². The van der Waals surface area contributed by atoms with Gasteiger partial charge in [0, 0.05) is 11.1 Å². The smallest absolute Gasteiger partial charge is 0.160 e. The number of aliphatic hydroxyl groups is 2. The summed E-state index contributed by atoms with van der Waals surface area (Å²) < 4.78 is 1.26. The summed E-state index contributed by atoms with van der Waals surface area (Å²) in [6.07, 6.45) is 21.3. The van der Waals surface area contributed by atoms with E-state index >= 15 is 0 Å². The third-order valence-corrected chi connectivity index (χ3v) is 16.0. The van der Waals surface area contributed by atoms with Gasteiger partial charge in [-0.1, -0.05) is 48.5 Å². The summed E-state index contributed by atoms with van der Waals surface area (Å²) >= 11 is -0.481. The Morgan fingerprint density at radius 2 is 1.00 bits per heavy atom. The summed E-state index contributed by atoms with van der Waals surface area (Å²) in [5, 5.41) is 39.2. The van der Waals surface area contributed by atoms with Crippen LogP contribution in [0.25, 0.3) is 0 Å². The van der Waals surface area contributed by atoms with Gasteiger partial charge in [-0.3, -0.25) is 9.59 Å². The predicted octanol–water partition coefficient (Wildman–Crippen LogP) is 5.41. The van der Waals surface area contributed by atoms with E-state index < -0.39 is 47.4 Å². The van der Waals surface area contributed by atoms with Gasteiger partial charge in [-0.2, -0.15) is 0 Å². The van der Waals surface area contributed by atoms with Crippen molar-refractivity contribution < 1.29 is 62.8 Å². The molecule has 1 aliphatic heterocycles. The molecular weight excluding hydrogens is 700 g/mol. The summed E-state index contributed by atoms with van der Waals surface area (Å²) in [6.45, 7) is 2.61. The molecule has 1 saturated heterocycles. The Bertz CT molecular complexity index is 1640. The van der Waals surface area contributed by atoms with Crippen LogP contribution in [0.4, 0.5) is 0 Å². The Kier molecular flexibility index (Phi) is 11.7. The number of carbonyl (C=O) groups is 4. The number of rotatable bonds is 6. The zero-order valence-electron chi connectivity index (χ0n) is 28.0. The number of hydrogen-bond donors (Lipinski definition) is 2. The Morgan fingerprint density at radius 3 is 1.37 bits per heavy atom. The van der Waals surface area contributed by atoms with Crippen molar-refractivity contribution >= 4 is 23.5 Å². The molecule has 7 rings (SSSR count). The number of benzene rings is 2. The number of carboxylic acid groups (broad SMARTS) is 2. The maximum atomic E-state index is 11.1. The monoisotopic (exact) mass is 740 g/mol. The SMILES string of the molecule is C1=C[C]2(CC[C@@]3(C=CC4=C3CCCC4)[Zr+2]2)C2=C1CCCC2.CC(=O)c1ccccc1[C@@H](O)C(=O)[O-].CC(=O)c1ccccc1[C@@H](O)C(=O)[O-]. The van der Waals surface area contributed by atoms with Crippen LogP contribution in [0, 0.1) is 0 Å². The van der Waals surface area contributed by atoms with E-state index in [1.807, 2.05) is 11.1 Å². The molecule has 0 amide bonds. The fraction of sp³-hybridized carbons (Fsp3) is 0.400. The standard InChI is InChI=1S/C20H24.2C10H10O4.Zr/c1-3-7-19-15(5-1)9-11-17(19)13-14-18-12-10-16-6-2-4-8-20(16)18;2*1-6(11)7-4-2-3-5-8(7)9(12)10(13)14;/h9-12H,1-8,13-14H2;2*2-5,9,12H,1H3,(H,13,14);/q;;;+2/p-2/t;2*9-;/m.11./s1. The number of allylic oxidation sites excluding steroid dienone is 8. The van der Waals surface area contributed by atoms with Crippen molar-refractivity contribution in [2.45, 2.75) is 96.5 Å². The zero-order valence-corrected chi connectivity index (χ0v) is 30.5. The van der Waals surface area contributed by atoms with E-state index in [1.165, 1.54) is 102 Å². The van der Waals surface area contributed by atoms with Gasteiger partial charge >= 0.3 is 140 Å². The van der Waals surface area contributed by atoms with Gasteiger partial charge in [0.15, 0.2) is 11.6 Å². The van der Waals surface area contributed by atoms with Crippen molar-refractivity contribution in [3.63, 3.8) is 0 Å². The van der Waals surface area contributed by atoms with Gasteiger partial charge < -0.3 is 30.0 Å². The van der Waals surface area contributed by atoms with Gasteiger partial charge in [0.1, 0.15) is 12.2 Å². The minimum absolute atomic E-state index is 0.0694. The average Bonchev–Trinajstić information content (AvgIpc) is 3.79. The normalized spacial score (nSPS) is 24.1. The summed E-state index contributed by atoms with van der Waals surface area (Å²) in [4.78, 5) is 42.9. The summed E-state index contributed by atoms with van der Waals surface area (Å²) in [7, 11) is 0. The van der Waals surface area contributed by atoms with Crippen molar-refractivity contribution in [2.24, 2.45) is 0 Å². The number of Topliss-reactive ketones (excluding diaryl/α,β-unsaturated/α-hetero) is 2. The molecule has 2 aromatic rings. The second-order valence-corrected chi connectivity index (χ2v) is 18.4. The molecule has 9 heteroatoms. The number of ketones is 2. The van der Waals surface area contributed by atoms with E-state index in [2.05, 4.69) is 24.3 Å². The Balaban J connectivity index is 0.000000150. The number of hydrogen-bond acceptors (Lipinski definition) is 8. The first-order chi connectivity index (χ1) is 23.4. The van der Waals surface area contributed by atoms with Crippen LogP contribution in [-0.2, 0) is 32.8 Å². The van der Waals surface area contributed by atoms with Gasteiger partial charge in [-0.25, -0.2) is 0 Å². The second-order valence-electron chi connectivity index (χ2n) is 13.4. The third-order valence-electron chi connectivity index (χ3n) is 10.3. The molecule has 49 heavy (non-hydrogen) atoms. The summed E-state index contributed by atoms with van der Waals surface area (Å²) in [5.41, 5.74) is 7.91.